The predicted octanol–water partition coefficient (Wildman–Crippen LogP) is 1.48. The molecule has 0 spiro atoms. The van der Waals surface area contributed by atoms with Gasteiger partial charge in [-0.2, -0.15) is 5.10 Å². The molecule has 1 N–H and O–H groups in total. The minimum atomic E-state index is 0.713. The quantitative estimate of drug-likeness (QED) is 0.840. The molecule has 0 saturated carbocycles. The van der Waals surface area contributed by atoms with Gasteiger partial charge in [-0.1, -0.05) is 6.42 Å². The molecule has 0 amide bonds. The SMILES string of the molecule is CCn1cc(CNCC2CCCCN2C)cn1. The summed E-state index contributed by atoms with van der Waals surface area (Å²) in [4.78, 5) is 2.48. The van der Waals surface area contributed by atoms with Gasteiger partial charge in [0.15, 0.2) is 0 Å². The third kappa shape index (κ3) is 3.54. The smallest absolute Gasteiger partial charge is 0.0534 e. The highest BCUT2D eigenvalue weighted by Crippen LogP contribution is 2.14. The number of likely N-dealkylation sites (N-methyl/N-ethyl adjacent to an activating group) is 1. The lowest BCUT2D eigenvalue weighted by molar-refractivity contribution is 0.181. The first kappa shape index (κ1) is 12.6. The zero-order valence-corrected chi connectivity index (χ0v) is 11.0. The van der Waals surface area contributed by atoms with Gasteiger partial charge in [0.1, 0.15) is 0 Å². The van der Waals surface area contributed by atoms with Crippen molar-refractivity contribution in [3.05, 3.63) is 18.0 Å². The molecule has 0 aliphatic carbocycles. The topological polar surface area (TPSA) is 33.1 Å². The number of piperidine rings is 1. The number of hydrogen-bond acceptors (Lipinski definition) is 3. The number of hydrogen-bond donors (Lipinski definition) is 1. The van der Waals surface area contributed by atoms with Crippen molar-refractivity contribution >= 4 is 0 Å². The normalized spacial score (nSPS) is 21.9. The van der Waals surface area contributed by atoms with Crippen LogP contribution in [0.2, 0.25) is 0 Å². The average molecular weight is 236 g/mol. The van der Waals surface area contributed by atoms with Crippen molar-refractivity contribution in [2.45, 2.75) is 45.3 Å². The second-order valence-electron chi connectivity index (χ2n) is 4.97. The Kier molecular flexibility index (Phi) is 4.57. The van der Waals surface area contributed by atoms with Gasteiger partial charge >= 0.3 is 0 Å². The Labute approximate surface area is 104 Å². The maximum atomic E-state index is 4.28. The summed E-state index contributed by atoms with van der Waals surface area (Å²) in [5.41, 5.74) is 1.28. The summed E-state index contributed by atoms with van der Waals surface area (Å²) in [7, 11) is 2.24. The van der Waals surface area contributed by atoms with E-state index in [0.717, 1.165) is 19.6 Å². The highest BCUT2D eigenvalue weighted by molar-refractivity contribution is 5.03. The van der Waals surface area contributed by atoms with Gasteiger partial charge in [-0.15, -0.1) is 0 Å². The van der Waals surface area contributed by atoms with E-state index in [0.29, 0.717) is 6.04 Å². The average Bonchev–Trinajstić information content (AvgIpc) is 2.80. The largest absolute Gasteiger partial charge is 0.311 e. The van der Waals surface area contributed by atoms with Crippen LogP contribution in [0.5, 0.6) is 0 Å². The van der Waals surface area contributed by atoms with Crippen molar-refractivity contribution < 1.29 is 0 Å². The molecule has 1 atom stereocenters. The van der Waals surface area contributed by atoms with Gasteiger partial charge in [-0.25, -0.2) is 0 Å². The molecule has 4 nitrogen and oxygen atoms in total. The molecule has 2 heterocycles. The molecule has 1 unspecified atom stereocenters. The highest BCUT2D eigenvalue weighted by atomic mass is 15.3. The van der Waals surface area contributed by atoms with Gasteiger partial charge in [-0.05, 0) is 33.4 Å². The van der Waals surface area contributed by atoms with E-state index < -0.39 is 0 Å². The Bertz CT molecular complexity index is 334. The molecule has 4 heteroatoms. The lowest BCUT2D eigenvalue weighted by Gasteiger charge is -2.32. The van der Waals surface area contributed by atoms with Crippen LogP contribution >= 0.6 is 0 Å². The summed E-state index contributed by atoms with van der Waals surface area (Å²) in [6.07, 6.45) is 8.15. The molecule has 1 saturated heterocycles. The first-order valence-electron chi connectivity index (χ1n) is 6.72. The first-order chi connectivity index (χ1) is 8.29. The van der Waals surface area contributed by atoms with Gasteiger partial charge in [0.2, 0.25) is 0 Å². The molecule has 1 aliphatic heterocycles. The number of likely N-dealkylation sites (tertiary alicyclic amines) is 1. The molecule has 0 aromatic carbocycles. The van der Waals surface area contributed by atoms with E-state index in [1.54, 1.807) is 0 Å². The van der Waals surface area contributed by atoms with Crippen molar-refractivity contribution in [1.29, 1.82) is 0 Å². The molecule has 0 bridgehead atoms. The summed E-state index contributed by atoms with van der Waals surface area (Å²) in [6, 6.07) is 0.713. The van der Waals surface area contributed by atoms with Crippen LogP contribution in [0.1, 0.15) is 31.7 Å². The van der Waals surface area contributed by atoms with Crippen molar-refractivity contribution in [3.63, 3.8) is 0 Å². The van der Waals surface area contributed by atoms with E-state index in [-0.39, 0.29) is 0 Å². The van der Waals surface area contributed by atoms with Crippen LogP contribution in [0, 0.1) is 0 Å². The lowest BCUT2D eigenvalue weighted by atomic mass is 10.0. The Morgan fingerprint density at radius 2 is 2.35 bits per heavy atom. The molecule has 2 rings (SSSR count). The van der Waals surface area contributed by atoms with Crippen LogP contribution in [0.15, 0.2) is 12.4 Å². The molecular weight excluding hydrogens is 212 g/mol. The number of rotatable bonds is 5. The highest BCUT2D eigenvalue weighted by Gasteiger charge is 2.17. The summed E-state index contributed by atoms with van der Waals surface area (Å²) in [5.74, 6) is 0. The third-order valence-corrected chi connectivity index (χ3v) is 3.64. The Hall–Kier alpha value is -0.870. The van der Waals surface area contributed by atoms with Crippen molar-refractivity contribution in [2.24, 2.45) is 0 Å². The zero-order chi connectivity index (χ0) is 12.1. The summed E-state index contributed by atoms with van der Waals surface area (Å²) >= 11 is 0. The van der Waals surface area contributed by atoms with Gasteiger partial charge < -0.3 is 10.2 Å². The second kappa shape index (κ2) is 6.17. The monoisotopic (exact) mass is 236 g/mol. The molecule has 17 heavy (non-hydrogen) atoms. The number of aromatic nitrogens is 2. The Morgan fingerprint density at radius 1 is 1.47 bits per heavy atom. The Balaban J connectivity index is 1.71. The van der Waals surface area contributed by atoms with Crippen molar-refractivity contribution in [2.75, 3.05) is 20.1 Å². The van der Waals surface area contributed by atoms with Crippen LogP contribution in [-0.2, 0) is 13.1 Å². The minimum Gasteiger partial charge on any atom is -0.311 e. The molecule has 96 valence electrons. The van der Waals surface area contributed by atoms with Gasteiger partial charge in [-0.3, -0.25) is 4.68 Å². The van der Waals surface area contributed by atoms with E-state index in [1.165, 1.54) is 31.4 Å². The number of nitrogens with one attached hydrogen (secondary N) is 1. The van der Waals surface area contributed by atoms with Gasteiger partial charge in [0, 0.05) is 37.4 Å². The van der Waals surface area contributed by atoms with Crippen molar-refractivity contribution in [3.8, 4) is 0 Å². The van der Waals surface area contributed by atoms with E-state index in [1.807, 2.05) is 10.9 Å². The van der Waals surface area contributed by atoms with E-state index in [9.17, 15) is 0 Å². The van der Waals surface area contributed by atoms with Crippen LogP contribution in [-0.4, -0.2) is 40.9 Å². The third-order valence-electron chi connectivity index (χ3n) is 3.64. The summed E-state index contributed by atoms with van der Waals surface area (Å²) < 4.78 is 1.98. The number of nitrogens with zero attached hydrogens (tertiary/aromatic N) is 3. The minimum absolute atomic E-state index is 0.713. The molecule has 1 aromatic heterocycles. The maximum Gasteiger partial charge on any atom is 0.0534 e. The first-order valence-corrected chi connectivity index (χ1v) is 6.72. The van der Waals surface area contributed by atoms with Crippen LogP contribution in [0.3, 0.4) is 0 Å². The van der Waals surface area contributed by atoms with E-state index >= 15 is 0 Å². The predicted molar refractivity (Wildman–Crippen MR) is 69.9 cm³/mol. The second-order valence-corrected chi connectivity index (χ2v) is 4.97. The molecule has 1 aromatic rings. The van der Waals surface area contributed by atoms with Crippen LogP contribution in [0.4, 0.5) is 0 Å². The van der Waals surface area contributed by atoms with Gasteiger partial charge in [0.25, 0.3) is 0 Å². The molecule has 1 aliphatic rings. The fraction of sp³-hybridized carbons (Fsp3) is 0.769. The lowest BCUT2D eigenvalue weighted by Crippen LogP contribution is -2.42. The van der Waals surface area contributed by atoms with E-state index in [4.69, 9.17) is 0 Å². The van der Waals surface area contributed by atoms with E-state index in [2.05, 4.69) is 35.5 Å². The maximum absolute atomic E-state index is 4.28. The Morgan fingerprint density at radius 3 is 3.06 bits per heavy atom. The molecule has 0 radical (unpaired) electrons. The fourth-order valence-electron chi connectivity index (χ4n) is 2.46. The van der Waals surface area contributed by atoms with Crippen LogP contribution < -0.4 is 5.32 Å². The summed E-state index contributed by atoms with van der Waals surface area (Å²) in [6.45, 7) is 6.34. The molecule has 1 fully saturated rings. The summed E-state index contributed by atoms with van der Waals surface area (Å²) in [5, 5.41) is 7.83. The van der Waals surface area contributed by atoms with Gasteiger partial charge in [0.05, 0.1) is 6.20 Å². The van der Waals surface area contributed by atoms with Crippen molar-refractivity contribution in [1.82, 2.24) is 20.0 Å². The fourth-order valence-corrected chi connectivity index (χ4v) is 2.46. The number of aryl methyl sites for hydroxylation is 1. The standard InChI is InChI=1S/C13H24N4/c1-3-17-11-12(9-15-17)8-14-10-13-6-4-5-7-16(13)2/h9,11,13-14H,3-8,10H2,1-2H3. The van der Waals surface area contributed by atoms with Crippen LogP contribution in [0.25, 0.3) is 0 Å². The molecular formula is C13H24N4. The zero-order valence-electron chi connectivity index (χ0n) is 11.0.